The Morgan fingerprint density at radius 3 is 2.33 bits per heavy atom. The van der Waals surface area contributed by atoms with Crippen molar-refractivity contribution in [1.82, 2.24) is 0 Å². The molecule has 0 bridgehead atoms. The molecule has 0 aromatic heterocycles. The van der Waals surface area contributed by atoms with Crippen LogP contribution < -0.4 is 0 Å². The number of hydrogen-bond donors (Lipinski definition) is 2. The number of hydrogen-bond acceptors (Lipinski definition) is 4. The highest BCUT2D eigenvalue weighted by atomic mass is 16.5. The van der Waals surface area contributed by atoms with Crippen molar-refractivity contribution >= 4 is 6.29 Å². The van der Waals surface area contributed by atoms with E-state index in [0.717, 1.165) is 0 Å². The Morgan fingerprint density at radius 2 is 2.08 bits per heavy atom. The van der Waals surface area contributed by atoms with Gasteiger partial charge in [0.15, 0.2) is 0 Å². The fourth-order valence-corrected chi connectivity index (χ4v) is 1.00. The molecule has 0 rings (SSSR count). The molecule has 4 heteroatoms. The van der Waals surface area contributed by atoms with Gasteiger partial charge in [0.1, 0.15) is 12.4 Å². The lowest BCUT2D eigenvalue weighted by molar-refractivity contribution is -0.141. The molecule has 0 aliphatic heterocycles. The Morgan fingerprint density at radius 1 is 1.58 bits per heavy atom. The van der Waals surface area contributed by atoms with Crippen molar-refractivity contribution in [1.29, 1.82) is 0 Å². The Hall–Kier alpha value is -0.450. The number of carbonyl (C=O) groups excluding carboxylic acids is 1. The largest absolute Gasteiger partial charge is 0.391 e. The van der Waals surface area contributed by atoms with E-state index in [1.54, 1.807) is 6.92 Å². The van der Waals surface area contributed by atoms with E-state index < -0.39 is 17.8 Å². The zero-order valence-electron chi connectivity index (χ0n) is 7.65. The third-order valence-corrected chi connectivity index (χ3v) is 2.04. The van der Waals surface area contributed by atoms with E-state index in [4.69, 9.17) is 9.84 Å². The molecule has 0 amide bonds. The summed E-state index contributed by atoms with van der Waals surface area (Å²) in [5, 5.41) is 18.5. The Balaban J connectivity index is 4.38. The quantitative estimate of drug-likeness (QED) is 0.565. The van der Waals surface area contributed by atoms with E-state index >= 15 is 0 Å². The van der Waals surface area contributed by atoms with Crippen LogP contribution in [0.4, 0.5) is 0 Å². The van der Waals surface area contributed by atoms with Gasteiger partial charge < -0.3 is 19.7 Å². The molecule has 0 aromatic carbocycles. The second-order valence-electron chi connectivity index (χ2n) is 3.07. The Bertz CT molecular complexity index is 146. The van der Waals surface area contributed by atoms with Crippen LogP contribution in [0.15, 0.2) is 0 Å². The van der Waals surface area contributed by atoms with Crippen molar-refractivity contribution in [2.75, 3.05) is 7.11 Å². The van der Waals surface area contributed by atoms with E-state index in [1.165, 1.54) is 14.0 Å². The van der Waals surface area contributed by atoms with Gasteiger partial charge in [0, 0.05) is 13.5 Å². The van der Waals surface area contributed by atoms with Crippen LogP contribution in [-0.4, -0.2) is 41.4 Å². The van der Waals surface area contributed by atoms with Gasteiger partial charge in [-0.1, -0.05) is 0 Å². The van der Waals surface area contributed by atoms with Crippen LogP contribution in [0.1, 0.15) is 20.3 Å². The van der Waals surface area contributed by atoms with Gasteiger partial charge in [0.25, 0.3) is 0 Å². The molecular weight excluding hydrogens is 160 g/mol. The van der Waals surface area contributed by atoms with Crippen molar-refractivity contribution in [3.8, 4) is 0 Å². The predicted molar refractivity (Wildman–Crippen MR) is 43.8 cm³/mol. The molecule has 2 N–H and O–H groups in total. The Kier molecular flexibility index (Phi) is 4.37. The van der Waals surface area contributed by atoms with E-state index in [1.807, 2.05) is 0 Å². The van der Waals surface area contributed by atoms with Gasteiger partial charge in [-0.3, -0.25) is 0 Å². The molecule has 3 atom stereocenters. The maximum atomic E-state index is 10.2. The van der Waals surface area contributed by atoms with Crippen molar-refractivity contribution < 1.29 is 19.7 Å². The lowest BCUT2D eigenvalue weighted by Crippen LogP contribution is -2.47. The van der Waals surface area contributed by atoms with Gasteiger partial charge in [0.05, 0.1) is 11.7 Å². The summed E-state index contributed by atoms with van der Waals surface area (Å²) in [5.74, 6) is 0. The average molecular weight is 176 g/mol. The monoisotopic (exact) mass is 176 g/mol. The predicted octanol–water partition coefficient (Wildman–Crippen LogP) is -0.278. The highest BCUT2D eigenvalue weighted by Crippen LogP contribution is 2.20. The number of rotatable bonds is 5. The Labute approximate surface area is 72.2 Å². The first-order valence-electron chi connectivity index (χ1n) is 3.83. The fourth-order valence-electron chi connectivity index (χ4n) is 1.00. The zero-order chi connectivity index (χ0) is 9.78. The minimum absolute atomic E-state index is 0.0650. The normalized spacial score (nSPS) is 21.1. The highest BCUT2D eigenvalue weighted by Gasteiger charge is 2.35. The summed E-state index contributed by atoms with van der Waals surface area (Å²) in [7, 11) is 1.40. The molecule has 0 radical (unpaired) electrons. The minimum atomic E-state index is -1.05. The molecule has 72 valence electrons. The van der Waals surface area contributed by atoms with Gasteiger partial charge >= 0.3 is 0 Å². The summed E-state index contributed by atoms with van der Waals surface area (Å²) in [4.78, 5) is 10.2. The number of carbonyl (C=O) groups is 1. The number of aldehydes is 1. The average Bonchev–Trinajstić information content (AvgIpc) is 2.03. The van der Waals surface area contributed by atoms with Crippen molar-refractivity contribution in [3.05, 3.63) is 0 Å². The number of ether oxygens (including phenoxy) is 1. The molecule has 0 spiro atoms. The molecule has 0 saturated heterocycles. The minimum Gasteiger partial charge on any atom is -0.391 e. The van der Waals surface area contributed by atoms with Crippen molar-refractivity contribution in [2.45, 2.75) is 38.1 Å². The summed E-state index contributed by atoms with van der Waals surface area (Å²) in [6.45, 7) is 3.03. The first-order chi connectivity index (χ1) is 5.48. The SMILES string of the molecule is COC(C)(CC=O)[C@H](O)[C@@H](C)O. The maximum Gasteiger partial charge on any atom is 0.122 e. The molecule has 0 aliphatic rings. The summed E-state index contributed by atoms with van der Waals surface area (Å²) in [6, 6.07) is 0. The van der Waals surface area contributed by atoms with Crippen LogP contribution in [0.25, 0.3) is 0 Å². The van der Waals surface area contributed by atoms with Crippen LogP contribution in [-0.2, 0) is 9.53 Å². The maximum absolute atomic E-state index is 10.2. The molecule has 0 heterocycles. The molecule has 12 heavy (non-hydrogen) atoms. The van der Waals surface area contributed by atoms with Gasteiger partial charge in [0.2, 0.25) is 0 Å². The van der Waals surface area contributed by atoms with E-state index in [0.29, 0.717) is 6.29 Å². The number of aliphatic hydroxyl groups is 2. The lowest BCUT2D eigenvalue weighted by Gasteiger charge is -2.33. The molecule has 1 unspecified atom stereocenters. The van der Waals surface area contributed by atoms with Crippen LogP contribution >= 0.6 is 0 Å². The molecular formula is C8H16O4. The smallest absolute Gasteiger partial charge is 0.122 e. The van der Waals surface area contributed by atoms with Gasteiger partial charge in [-0.15, -0.1) is 0 Å². The summed E-state index contributed by atoms with van der Waals surface area (Å²) in [5.41, 5.74) is -0.990. The van der Waals surface area contributed by atoms with Gasteiger partial charge in [-0.05, 0) is 13.8 Å². The van der Waals surface area contributed by atoms with E-state index in [-0.39, 0.29) is 6.42 Å². The molecule has 0 saturated carbocycles. The van der Waals surface area contributed by atoms with Crippen LogP contribution in [0, 0.1) is 0 Å². The second-order valence-corrected chi connectivity index (χ2v) is 3.07. The first kappa shape index (κ1) is 11.6. The summed E-state index contributed by atoms with van der Waals surface area (Å²) in [6.07, 6.45) is -1.23. The van der Waals surface area contributed by atoms with Gasteiger partial charge in [-0.2, -0.15) is 0 Å². The first-order valence-corrected chi connectivity index (χ1v) is 3.83. The van der Waals surface area contributed by atoms with Gasteiger partial charge in [-0.25, -0.2) is 0 Å². The fraction of sp³-hybridized carbons (Fsp3) is 0.875. The molecule has 4 nitrogen and oxygen atoms in total. The van der Waals surface area contributed by atoms with Crippen molar-refractivity contribution in [2.24, 2.45) is 0 Å². The third-order valence-electron chi connectivity index (χ3n) is 2.04. The van der Waals surface area contributed by atoms with E-state index in [9.17, 15) is 9.90 Å². The zero-order valence-corrected chi connectivity index (χ0v) is 7.65. The topological polar surface area (TPSA) is 66.8 Å². The number of aliphatic hydroxyl groups excluding tert-OH is 2. The standard InChI is InChI=1S/C8H16O4/c1-6(10)7(11)8(2,12-3)4-5-9/h5-7,10-11H,4H2,1-3H3/t6-,7-,8?/m1/s1. The summed E-state index contributed by atoms with van der Waals surface area (Å²) < 4.78 is 4.96. The van der Waals surface area contributed by atoms with Crippen LogP contribution in [0.2, 0.25) is 0 Å². The van der Waals surface area contributed by atoms with Crippen molar-refractivity contribution in [3.63, 3.8) is 0 Å². The molecule has 0 fully saturated rings. The number of methoxy groups -OCH3 is 1. The van der Waals surface area contributed by atoms with Crippen LogP contribution in [0.3, 0.4) is 0 Å². The molecule has 0 aliphatic carbocycles. The van der Waals surface area contributed by atoms with Crippen LogP contribution in [0.5, 0.6) is 0 Å². The van der Waals surface area contributed by atoms with E-state index in [2.05, 4.69) is 0 Å². The molecule has 0 aromatic rings. The third kappa shape index (κ3) is 2.55. The summed E-state index contributed by atoms with van der Waals surface area (Å²) >= 11 is 0. The lowest BCUT2D eigenvalue weighted by atomic mass is 9.92. The second kappa shape index (κ2) is 4.54. The highest BCUT2D eigenvalue weighted by molar-refractivity contribution is 5.51.